The van der Waals surface area contributed by atoms with Gasteiger partial charge in [-0.15, -0.1) is 0 Å². The van der Waals surface area contributed by atoms with Crippen LogP contribution in [0.2, 0.25) is 6.32 Å². The van der Waals surface area contributed by atoms with E-state index in [9.17, 15) is 0 Å². The van der Waals surface area contributed by atoms with Gasteiger partial charge in [-0.1, -0.05) is 30.3 Å². The lowest BCUT2D eigenvalue weighted by Gasteiger charge is -2.32. The number of nitrogens with zero attached hydrogens (tertiary/aromatic N) is 1. The molecule has 0 atom stereocenters. The summed E-state index contributed by atoms with van der Waals surface area (Å²) in [5, 5.41) is 17.6. The number of hydrogen-bond acceptors (Lipinski definition) is 3. The van der Waals surface area contributed by atoms with Crippen LogP contribution in [0.3, 0.4) is 0 Å². The van der Waals surface area contributed by atoms with E-state index in [1.165, 1.54) is 18.4 Å². The second-order valence-electron chi connectivity index (χ2n) is 5.15. The number of hydrogen-bond donors (Lipinski definition) is 2. The van der Waals surface area contributed by atoms with E-state index in [0.717, 1.165) is 26.1 Å². The maximum absolute atomic E-state index is 8.81. The molecule has 3 nitrogen and oxygen atoms in total. The Morgan fingerprint density at radius 2 is 1.78 bits per heavy atom. The van der Waals surface area contributed by atoms with Crippen molar-refractivity contribution >= 4 is 7.12 Å². The molecule has 0 aromatic heterocycles. The summed E-state index contributed by atoms with van der Waals surface area (Å²) in [6.07, 6.45) is 3.78. The SMILES string of the molecule is OB(O)CCCN1CCC(c2ccccc2)CC1. The Hall–Kier alpha value is -0.835. The molecule has 0 radical (unpaired) electrons. The van der Waals surface area contributed by atoms with Crippen molar-refractivity contribution < 1.29 is 10.0 Å². The Bertz CT molecular complexity index is 337. The van der Waals surface area contributed by atoms with E-state index in [0.29, 0.717) is 12.2 Å². The first-order chi connectivity index (χ1) is 8.75. The van der Waals surface area contributed by atoms with Gasteiger partial charge in [0.25, 0.3) is 0 Å². The zero-order chi connectivity index (χ0) is 12.8. The topological polar surface area (TPSA) is 43.7 Å². The van der Waals surface area contributed by atoms with Crippen molar-refractivity contribution in [3.8, 4) is 0 Å². The predicted molar refractivity (Wildman–Crippen MR) is 74.5 cm³/mol. The van der Waals surface area contributed by atoms with E-state index >= 15 is 0 Å². The summed E-state index contributed by atoms with van der Waals surface area (Å²) in [7, 11) is -1.15. The smallest absolute Gasteiger partial charge is 0.427 e. The molecule has 18 heavy (non-hydrogen) atoms. The molecule has 0 spiro atoms. The summed E-state index contributed by atoms with van der Waals surface area (Å²) < 4.78 is 0. The minimum atomic E-state index is -1.15. The van der Waals surface area contributed by atoms with Crippen LogP contribution in [0.4, 0.5) is 0 Å². The molecule has 2 N–H and O–H groups in total. The summed E-state index contributed by atoms with van der Waals surface area (Å²) in [4.78, 5) is 2.43. The number of likely N-dealkylation sites (tertiary alicyclic amines) is 1. The lowest BCUT2D eigenvalue weighted by Crippen LogP contribution is -2.34. The van der Waals surface area contributed by atoms with Crippen molar-refractivity contribution in [1.82, 2.24) is 4.90 Å². The fourth-order valence-electron chi connectivity index (χ4n) is 2.71. The van der Waals surface area contributed by atoms with Gasteiger partial charge in [0, 0.05) is 0 Å². The van der Waals surface area contributed by atoms with Gasteiger partial charge in [0.15, 0.2) is 0 Å². The van der Waals surface area contributed by atoms with Crippen molar-refractivity contribution in [2.24, 2.45) is 0 Å². The van der Waals surface area contributed by atoms with Gasteiger partial charge in [-0.25, -0.2) is 0 Å². The molecule has 1 aliphatic rings. The van der Waals surface area contributed by atoms with Crippen molar-refractivity contribution in [2.45, 2.75) is 31.5 Å². The maximum Gasteiger partial charge on any atom is 0.451 e. The molecule has 1 aromatic rings. The van der Waals surface area contributed by atoms with Gasteiger partial charge in [0.1, 0.15) is 0 Å². The van der Waals surface area contributed by atoms with Gasteiger partial charge >= 0.3 is 7.12 Å². The number of benzene rings is 1. The van der Waals surface area contributed by atoms with E-state index in [1.54, 1.807) is 0 Å². The third-order valence-electron chi connectivity index (χ3n) is 3.80. The van der Waals surface area contributed by atoms with Gasteiger partial charge < -0.3 is 14.9 Å². The minimum Gasteiger partial charge on any atom is -0.427 e. The molecule has 0 bridgehead atoms. The fourth-order valence-corrected chi connectivity index (χ4v) is 2.71. The van der Waals surface area contributed by atoms with Crippen LogP contribution in [0, 0.1) is 0 Å². The molecule has 0 saturated carbocycles. The Balaban J connectivity index is 1.71. The Morgan fingerprint density at radius 1 is 1.11 bits per heavy atom. The fraction of sp³-hybridized carbons (Fsp3) is 0.571. The summed E-state index contributed by atoms with van der Waals surface area (Å²) in [5.41, 5.74) is 1.46. The number of piperidine rings is 1. The summed E-state index contributed by atoms with van der Waals surface area (Å²) >= 11 is 0. The highest BCUT2D eigenvalue weighted by molar-refractivity contribution is 6.40. The van der Waals surface area contributed by atoms with Crippen LogP contribution in [-0.4, -0.2) is 41.7 Å². The highest BCUT2D eigenvalue weighted by Crippen LogP contribution is 2.27. The summed E-state index contributed by atoms with van der Waals surface area (Å²) in [6, 6.07) is 10.7. The van der Waals surface area contributed by atoms with E-state index in [1.807, 2.05) is 0 Å². The van der Waals surface area contributed by atoms with Crippen molar-refractivity contribution in [3.05, 3.63) is 35.9 Å². The standard InChI is InChI=1S/C14H22BNO2/c17-15(18)9-4-10-16-11-7-14(8-12-16)13-5-2-1-3-6-13/h1-3,5-6,14,17-18H,4,7-12H2. The predicted octanol–water partition coefficient (Wildman–Crippen LogP) is 1.73. The van der Waals surface area contributed by atoms with Crippen LogP contribution in [0.5, 0.6) is 0 Å². The van der Waals surface area contributed by atoms with Crippen molar-refractivity contribution in [2.75, 3.05) is 19.6 Å². The van der Waals surface area contributed by atoms with Crippen molar-refractivity contribution in [3.63, 3.8) is 0 Å². The summed E-state index contributed by atoms with van der Waals surface area (Å²) in [6.45, 7) is 3.24. The van der Waals surface area contributed by atoms with Gasteiger partial charge in [-0.3, -0.25) is 0 Å². The molecule has 0 unspecified atom stereocenters. The Labute approximate surface area is 110 Å². The maximum atomic E-state index is 8.81. The molecule has 2 rings (SSSR count). The largest absolute Gasteiger partial charge is 0.451 e. The second-order valence-corrected chi connectivity index (χ2v) is 5.15. The van der Waals surface area contributed by atoms with E-state index in [2.05, 4.69) is 35.2 Å². The Kier molecular flexibility index (Phi) is 5.23. The van der Waals surface area contributed by atoms with Gasteiger partial charge in [0.2, 0.25) is 0 Å². The highest BCUT2D eigenvalue weighted by atomic mass is 16.4. The van der Waals surface area contributed by atoms with Crippen LogP contribution in [-0.2, 0) is 0 Å². The lowest BCUT2D eigenvalue weighted by molar-refractivity contribution is 0.211. The van der Waals surface area contributed by atoms with E-state index < -0.39 is 7.12 Å². The quantitative estimate of drug-likeness (QED) is 0.779. The first-order valence-electron chi connectivity index (χ1n) is 6.89. The summed E-state index contributed by atoms with van der Waals surface area (Å²) in [5.74, 6) is 0.700. The van der Waals surface area contributed by atoms with Gasteiger partial charge in [-0.2, -0.15) is 0 Å². The zero-order valence-corrected chi connectivity index (χ0v) is 10.8. The highest BCUT2D eigenvalue weighted by Gasteiger charge is 2.20. The van der Waals surface area contributed by atoms with E-state index in [4.69, 9.17) is 10.0 Å². The molecule has 4 heteroatoms. The van der Waals surface area contributed by atoms with Crippen LogP contribution in [0.25, 0.3) is 0 Å². The van der Waals surface area contributed by atoms with Crippen molar-refractivity contribution in [1.29, 1.82) is 0 Å². The van der Waals surface area contributed by atoms with Gasteiger partial charge in [-0.05, 0) is 56.7 Å². The normalized spacial score (nSPS) is 17.9. The molecule has 1 heterocycles. The third kappa shape index (κ3) is 4.12. The lowest BCUT2D eigenvalue weighted by atomic mass is 9.84. The average Bonchev–Trinajstić information content (AvgIpc) is 2.40. The molecule has 1 fully saturated rings. The van der Waals surface area contributed by atoms with E-state index in [-0.39, 0.29) is 0 Å². The van der Waals surface area contributed by atoms with Crippen LogP contribution in [0.15, 0.2) is 30.3 Å². The first kappa shape index (κ1) is 13.6. The first-order valence-corrected chi connectivity index (χ1v) is 6.89. The zero-order valence-electron chi connectivity index (χ0n) is 10.8. The van der Waals surface area contributed by atoms with Gasteiger partial charge in [0.05, 0.1) is 0 Å². The molecule has 0 aliphatic carbocycles. The molecule has 98 valence electrons. The van der Waals surface area contributed by atoms with Crippen LogP contribution in [0.1, 0.15) is 30.7 Å². The molecular formula is C14H22BNO2. The second kappa shape index (κ2) is 6.93. The molecular weight excluding hydrogens is 225 g/mol. The Morgan fingerprint density at radius 3 is 2.39 bits per heavy atom. The number of rotatable bonds is 5. The average molecular weight is 247 g/mol. The molecule has 0 amide bonds. The molecule has 1 aliphatic heterocycles. The van der Waals surface area contributed by atoms with Crippen LogP contribution >= 0.6 is 0 Å². The third-order valence-corrected chi connectivity index (χ3v) is 3.80. The monoisotopic (exact) mass is 247 g/mol. The molecule has 1 saturated heterocycles. The minimum absolute atomic E-state index is 0.485. The molecule has 1 aromatic carbocycles. The van der Waals surface area contributed by atoms with Crippen LogP contribution < -0.4 is 0 Å².